The lowest BCUT2D eigenvalue weighted by atomic mass is 10.1. The highest BCUT2D eigenvalue weighted by atomic mass is 35.5. The topological polar surface area (TPSA) is 58.4 Å². The summed E-state index contributed by atoms with van der Waals surface area (Å²) in [7, 11) is 0. The van der Waals surface area contributed by atoms with Gasteiger partial charge in [0.25, 0.3) is 0 Å². The van der Waals surface area contributed by atoms with E-state index in [4.69, 9.17) is 5.73 Å². The average molecular weight is 348 g/mol. The van der Waals surface area contributed by atoms with Crippen molar-refractivity contribution in [2.45, 2.75) is 19.9 Å². The molecule has 0 saturated heterocycles. The summed E-state index contributed by atoms with van der Waals surface area (Å²) in [5, 5.41) is 2.78. The van der Waals surface area contributed by atoms with Crippen molar-refractivity contribution in [2.24, 2.45) is 5.73 Å². The fourth-order valence-corrected chi connectivity index (χ4v) is 2.54. The lowest BCUT2D eigenvalue weighted by Gasteiger charge is -2.22. The van der Waals surface area contributed by atoms with E-state index in [1.54, 1.807) is 0 Å². The molecule has 0 heterocycles. The number of anilines is 1. The maximum Gasteiger partial charge on any atom is 0.221 e. The van der Waals surface area contributed by atoms with Crippen molar-refractivity contribution in [1.82, 2.24) is 4.90 Å². The van der Waals surface area contributed by atoms with E-state index in [9.17, 15) is 4.79 Å². The van der Waals surface area contributed by atoms with Gasteiger partial charge in [-0.3, -0.25) is 9.69 Å². The number of rotatable bonds is 8. The van der Waals surface area contributed by atoms with Gasteiger partial charge >= 0.3 is 0 Å². The molecule has 3 N–H and O–H groups in total. The van der Waals surface area contributed by atoms with E-state index in [2.05, 4.69) is 46.6 Å². The molecule has 2 rings (SSSR count). The van der Waals surface area contributed by atoms with Crippen LogP contribution in [0.25, 0.3) is 0 Å². The van der Waals surface area contributed by atoms with Crippen LogP contribution in [0.2, 0.25) is 0 Å². The Hall–Kier alpha value is -1.88. The second-order valence-electron chi connectivity index (χ2n) is 5.68. The number of nitrogens with one attached hydrogen (secondary N) is 1. The van der Waals surface area contributed by atoms with Crippen LogP contribution in [0.15, 0.2) is 54.6 Å². The van der Waals surface area contributed by atoms with Crippen LogP contribution in [-0.2, 0) is 17.8 Å². The second-order valence-corrected chi connectivity index (χ2v) is 5.68. The van der Waals surface area contributed by atoms with Crippen molar-refractivity contribution in [1.29, 1.82) is 0 Å². The van der Waals surface area contributed by atoms with Gasteiger partial charge < -0.3 is 11.1 Å². The number of nitrogens with zero attached hydrogens (tertiary/aromatic N) is 1. The van der Waals surface area contributed by atoms with Crippen LogP contribution in [0.5, 0.6) is 0 Å². The lowest BCUT2D eigenvalue weighted by molar-refractivity contribution is -0.114. The van der Waals surface area contributed by atoms with Gasteiger partial charge in [0.2, 0.25) is 5.91 Å². The first-order chi connectivity index (χ1) is 11.2. The summed E-state index contributed by atoms with van der Waals surface area (Å²) < 4.78 is 0. The minimum Gasteiger partial charge on any atom is -0.329 e. The molecule has 0 radical (unpaired) electrons. The van der Waals surface area contributed by atoms with Gasteiger partial charge in [-0.2, -0.15) is 0 Å². The van der Waals surface area contributed by atoms with E-state index in [0.29, 0.717) is 6.54 Å². The quantitative estimate of drug-likeness (QED) is 0.771. The minimum absolute atomic E-state index is 0. The van der Waals surface area contributed by atoms with E-state index in [-0.39, 0.29) is 18.3 Å². The summed E-state index contributed by atoms with van der Waals surface area (Å²) in [6.07, 6.45) is 1.02. The second kappa shape index (κ2) is 10.8. The molecule has 0 aliphatic heterocycles. The molecule has 0 atom stereocenters. The molecule has 0 aromatic heterocycles. The minimum atomic E-state index is -0.0506. The molecular formula is C19H26ClN3O. The molecule has 1 amide bonds. The molecule has 0 aliphatic carbocycles. The first-order valence-corrected chi connectivity index (χ1v) is 8.00. The molecule has 2 aromatic carbocycles. The number of halogens is 1. The Bertz CT molecular complexity index is 602. The monoisotopic (exact) mass is 347 g/mol. The predicted molar refractivity (Wildman–Crippen MR) is 102 cm³/mol. The van der Waals surface area contributed by atoms with Gasteiger partial charge in [0.05, 0.1) is 0 Å². The molecule has 24 heavy (non-hydrogen) atoms. The standard InChI is InChI=1S/C19H25N3O.ClH/c1-16(23)21-19-9-7-18(8-10-19)15-22(14-12-20)13-11-17-5-3-2-4-6-17;/h2-10H,11-15,20H2,1H3,(H,21,23);1H. The Labute approximate surface area is 150 Å². The molecule has 0 saturated carbocycles. The Balaban J connectivity index is 0.00000288. The summed E-state index contributed by atoms with van der Waals surface area (Å²) in [6.45, 7) is 4.89. The van der Waals surface area contributed by atoms with E-state index in [1.165, 1.54) is 18.1 Å². The third-order valence-electron chi connectivity index (χ3n) is 3.69. The van der Waals surface area contributed by atoms with Crippen LogP contribution >= 0.6 is 12.4 Å². The third kappa shape index (κ3) is 7.13. The SMILES string of the molecule is CC(=O)Nc1ccc(CN(CCN)CCc2ccccc2)cc1.Cl. The molecular weight excluding hydrogens is 322 g/mol. The summed E-state index contributed by atoms with van der Waals surface area (Å²) in [4.78, 5) is 13.4. The van der Waals surface area contributed by atoms with E-state index in [0.717, 1.165) is 31.7 Å². The highest BCUT2D eigenvalue weighted by Gasteiger charge is 2.06. The Morgan fingerprint density at radius 2 is 1.67 bits per heavy atom. The number of nitrogens with two attached hydrogens (primary N) is 1. The molecule has 0 aliphatic rings. The van der Waals surface area contributed by atoms with Gasteiger partial charge in [-0.15, -0.1) is 12.4 Å². The molecule has 0 unspecified atom stereocenters. The van der Waals surface area contributed by atoms with Crippen LogP contribution < -0.4 is 11.1 Å². The number of carbonyl (C=O) groups is 1. The molecule has 0 fully saturated rings. The number of benzene rings is 2. The molecule has 130 valence electrons. The van der Waals surface area contributed by atoms with Crippen molar-refractivity contribution in [3.05, 3.63) is 65.7 Å². The fourth-order valence-electron chi connectivity index (χ4n) is 2.54. The first-order valence-electron chi connectivity index (χ1n) is 8.00. The maximum atomic E-state index is 11.0. The summed E-state index contributed by atoms with van der Waals surface area (Å²) >= 11 is 0. The number of amides is 1. The largest absolute Gasteiger partial charge is 0.329 e. The molecule has 2 aromatic rings. The lowest BCUT2D eigenvalue weighted by Crippen LogP contribution is -2.31. The highest BCUT2D eigenvalue weighted by Crippen LogP contribution is 2.12. The third-order valence-corrected chi connectivity index (χ3v) is 3.69. The Morgan fingerprint density at radius 3 is 2.25 bits per heavy atom. The van der Waals surface area contributed by atoms with Crippen molar-refractivity contribution in [2.75, 3.05) is 25.0 Å². The fraction of sp³-hybridized carbons (Fsp3) is 0.316. The van der Waals surface area contributed by atoms with Gasteiger partial charge in [-0.05, 0) is 29.7 Å². The summed E-state index contributed by atoms with van der Waals surface area (Å²) in [6, 6.07) is 18.5. The van der Waals surface area contributed by atoms with Crippen molar-refractivity contribution >= 4 is 24.0 Å². The van der Waals surface area contributed by atoms with E-state index in [1.807, 2.05) is 18.2 Å². The molecule has 0 bridgehead atoms. The zero-order valence-electron chi connectivity index (χ0n) is 14.1. The Kier molecular flexibility index (Phi) is 9.08. The van der Waals surface area contributed by atoms with Crippen LogP contribution in [0.1, 0.15) is 18.1 Å². The van der Waals surface area contributed by atoms with Crippen molar-refractivity contribution in [3.63, 3.8) is 0 Å². The van der Waals surface area contributed by atoms with Crippen LogP contribution in [0.4, 0.5) is 5.69 Å². The molecule has 5 heteroatoms. The van der Waals surface area contributed by atoms with Gasteiger partial charge in [-0.1, -0.05) is 42.5 Å². The smallest absolute Gasteiger partial charge is 0.221 e. The zero-order valence-corrected chi connectivity index (χ0v) is 14.9. The van der Waals surface area contributed by atoms with Crippen molar-refractivity contribution < 1.29 is 4.79 Å². The maximum absolute atomic E-state index is 11.0. The number of carbonyl (C=O) groups excluding carboxylic acids is 1. The van der Waals surface area contributed by atoms with Gasteiger partial charge in [-0.25, -0.2) is 0 Å². The summed E-state index contributed by atoms with van der Waals surface area (Å²) in [5.41, 5.74) is 9.14. The number of hydrogen-bond acceptors (Lipinski definition) is 3. The van der Waals surface area contributed by atoms with Crippen LogP contribution in [0.3, 0.4) is 0 Å². The van der Waals surface area contributed by atoms with Gasteiger partial charge in [0.1, 0.15) is 0 Å². The van der Waals surface area contributed by atoms with E-state index < -0.39 is 0 Å². The Morgan fingerprint density at radius 1 is 1.00 bits per heavy atom. The van der Waals surface area contributed by atoms with Gasteiger partial charge in [0, 0.05) is 38.8 Å². The van der Waals surface area contributed by atoms with Gasteiger partial charge in [0.15, 0.2) is 0 Å². The normalized spacial score (nSPS) is 10.3. The highest BCUT2D eigenvalue weighted by molar-refractivity contribution is 5.88. The molecule has 0 spiro atoms. The van der Waals surface area contributed by atoms with Crippen molar-refractivity contribution in [3.8, 4) is 0 Å². The molecule has 4 nitrogen and oxygen atoms in total. The first kappa shape index (κ1) is 20.2. The van der Waals surface area contributed by atoms with Crippen LogP contribution in [0, 0.1) is 0 Å². The van der Waals surface area contributed by atoms with E-state index >= 15 is 0 Å². The summed E-state index contributed by atoms with van der Waals surface area (Å²) in [5.74, 6) is -0.0506. The number of hydrogen-bond donors (Lipinski definition) is 2. The zero-order chi connectivity index (χ0) is 16.5. The predicted octanol–water partition coefficient (Wildman–Crippen LogP) is 3.07. The average Bonchev–Trinajstić information content (AvgIpc) is 2.55. The van der Waals surface area contributed by atoms with Crippen LogP contribution in [-0.4, -0.2) is 30.4 Å².